The third-order valence-corrected chi connectivity index (χ3v) is 4.32. The van der Waals surface area contributed by atoms with E-state index in [0.29, 0.717) is 5.75 Å². The van der Waals surface area contributed by atoms with Gasteiger partial charge in [-0.3, -0.25) is 0 Å². The molecule has 0 aromatic heterocycles. The van der Waals surface area contributed by atoms with Gasteiger partial charge >= 0.3 is 0 Å². The Balaban J connectivity index is 2.62. The highest BCUT2D eigenvalue weighted by atomic mass is 35.5. The molecule has 0 saturated heterocycles. The van der Waals surface area contributed by atoms with Crippen LogP contribution in [0, 0.1) is 6.92 Å². The van der Waals surface area contributed by atoms with Crippen LogP contribution in [0.5, 0.6) is 11.5 Å². The van der Waals surface area contributed by atoms with Crippen molar-refractivity contribution in [2.45, 2.75) is 38.1 Å². The van der Waals surface area contributed by atoms with E-state index in [-0.39, 0.29) is 11.5 Å². The maximum Gasteiger partial charge on any atom is 0.164 e. The summed E-state index contributed by atoms with van der Waals surface area (Å²) < 4.78 is 10.7. The Labute approximate surface area is 113 Å². The van der Waals surface area contributed by atoms with E-state index in [9.17, 15) is 0 Å². The molecule has 0 amide bonds. The molecule has 3 nitrogen and oxygen atoms in total. The van der Waals surface area contributed by atoms with Crippen LogP contribution in [0.15, 0.2) is 6.07 Å². The van der Waals surface area contributed by atoms with Gasteiger partial charge in [-0.25, -0.2) is 0 Å². The van der Waals surface area contributed by atoms with Crippen LogP contribution in [-0.4, -0.2) is 20.3 Å². The van der Waals surface area contributed by atoms with E-state index in [4.69, 9.17) is 26.8 Å². The highest BCUT2D eigenvalue weighted by Gasteiger charge is 2.50. The zero-order valence-corrected chi connectivity index (χ0v) is 12.1. The van der Waals surface area contributed by atoms with Crippen molar-refractivity contribution in [2.75, 3.05) is 14.2 Å². The summed E-state index contributed by atoms with van der Waals surface area (Å²) in [6, 6.07) is 1.91. The molecule has 0 radical (unpaired) electrons. The van der Waals surface area contributed by atoms with Gasteiger partial charge in [0.25, 0.3) is 0 Å². The molecule has 2 N–H and O–H groups in total. The fraction of sp³-hybridized carbons (Fsp3) is 0.571. The molecule has 1 fully saturated rings. The molecule has 1 unspecified atom stereocenters. The molecule has 1 atom stereocenters. The smallest absolute Gasteiger partial charge is 0.164 e. The summed E-state index contributed by atoms with van der Waals surface area (Å²) in [4.78, 5) is 0. The van der Waals surface area contributed by atoms with E-state index < -0.39 is 0 Å². The lowest BCUT2D eigenvalue weighted by atomic mass is 9.86. The van der Waals surface area contributed by atoms with Gasteiger partial charge in [-0.15, -0.1) is 0 Å². The molecular formula is C14H20ClNO2. The number of ether oxygens (including phenoxy) is 2. The normalized spacial score (nSPS) is 18.3. The zero-order chi connectivity index (χ0) is 13.5. The van der Waals surface area contributed by atoms with Crippen molar-refractivity contribution in [3.63, 3.8) is 0 Å². The average molecular weight is 270 g/mol. The molecule has 18 heavy (non-hydrogen) atoms. The summed E-state index contributed by atoms with van der Waals surface area (Å²) in [5, 5.41) is 0.722. The van der Waals surface area contributed by atoms with Crippen LogP contribution in [0.2, 0.25) is 5.02 Å². The zero-order valence-electron chi connectivity index (χ0n) is 11.3. The van der Waals surface area contributed by atoms with Crippen LogP contribution in [-0.2, 0) is 5.41 Å². The maximum absolute atomic E-state index is 6.42. The number of hydrogen-bond acceptors (Lipinski definition) is 3. The highest BCUT2D eigenvalue weighted by molar-refractivity contribution is 6.32. The number of hydrogen-bond donors (Lipinski definition) is 1. The Morgan fingerprint density at radius 1 is 1.33 bits per heavy atom. The predicted octanol–water partition coefficient (Wildman–Crippen LogP) is 3.04. The van der Waals surface area contributed by atoms with Crippen LogP contribution in [0.3, 0.4) is 0 Å². The van der Waals surface area contributed by atoms with Gasteiger partial charge in [-0.2, -0.15) is 0 Å². The summed E-state index contributed by atoms with van der Waals surface area (Å²) >= 11 is 6.42. The van der Waals surface area contributed by atoms with Crippen molar-refractivity contribution in [3.8, 4) is 11.5 Å². The van der Waals surface area contributed by atoms with E-state index in [1.807, 2.05) is 19.9 Å². The first-order chi connectivity index (χ1) is 8.47. The van der Waals surface area contributed by atoms with E-state index in [1.165, 1.54) is 0 Å². The van der Waals surface area contributed by atoms with Crippen LogP contribution < -0.4 is 15.2 Å². The monoisotopic (exact) mass is 269 g/mol. The second-order valence-corrected chi connectivity index (χ2v) is 5.45. The van der Waals surface area contributed by atoms with Crippen LogP contribution >= 0.6 is 11.6 Å². The van der Waals surface area contributed by atoms with E-state index in [1.54, 1.807) is 14.2 Å². The Kier molecular flexibility index (Phi) is 3.47. The SMILES string of the molecule is COc1cc(Cl)c(C2(C(C)N)CC2)c(C)c1OC. The lowest BCUT2D eigenvalue weighted by molar-refractivity contribution is 0.351. The second-order valence-electron chi connectivity index (χ2n) is 5.04. The van der Waals surface area contributed by atoms with Gasteiger partial charge in [-0.1, -0.05) is 11.6 Å². The number of methoxy groups -OCH3 is 2. The molecule has 0 spiro atoms. The maximum atomic E-state index is 6.42. The molecule has 1 saturated carbocycles. The molecule has 1 aliphatic rings. The minimum Gasteiger partial charge on any atom is -0.493 e. The fourth-order valence-electron chi connectivity index (χ4n) is 2.81. The van der Waals surface area contributed by atoms with Crippen LogP contribution in [0.4, 0.5) is 0 Å². The van der Waals surface area contributed by atoms with Crippen LogP contribution in [0.1, 0.15) is 30.9 Å². The first kappa shape index (κ1) is 13.5. The van der Waals surface area contributed by atoms with Gasteiger partial charge in [0.05, 0.1) is 14.2 Å². The van der Waals surface area contributed by atoms with Gasteiger partial charge in [-0.05, 0) is 32.3 Å². The van der Waals surface area contributed by atoms with Crippen molar-refractivity contribution in [2.24, 2.45) is 5.73 Å². The molecule has 0 aliphatic heterocycles. The molecule has 0 heterocycles. The molecule has 0 bridgehead atoms. The van der Waals surface area contributed by atoms with Gasteiger partial charge in [0, 0.05) is 28.1 Å². The Hall–Kier alpha value is -0.930. The summed E-state index contributed by atoms with van der Waals surface area (Å²) in [7, 11) is 3.26. The Morgan fingerprint density at radius 2 is 1.94 bits per heavy atom. The van der Waals surface area contributed by atoms with E-state index >= 15 is 0 Å². The quantitative estimate of drug-likeness (QED) is 0.914. The van der Waals surface area contributed by atoms with Crippen molar-refractivity contribution >= 4 is 11.6 Å². The molecule has 100 valence electrons. The summed E-state index contributed by atoms with van der Waals surface area (Å²) in [5.74, 6) is 1.42. The fourth-order valence-corrected chi connectivity index (χ4v) is 3.24. The lowest BCUT2D eigenvalue weighted by Crippen LogP contribution is -2.32. The molecule has 2 rings (SSSR count). The minimum atomic E-state index is 0.0146. The summed E-state index contributed by atoms with van der Waals surface area (Å²) in [6.07, 6.45) is 2.17. The minimum absolute atomic E-state index is 0.0146. The number of nitrogens with two attached hydrogens (primary N) is 1. The van der Waals surface area contributed by atoms with Crippen LogP contribution in [0.25, 0.3) is 0 Å². The van der Waals surface area contributed by atoms with Gasteiger partial charge < -0.3 is 15.2 Å². The molecule has 1 aliphatic carbocycles. The number of rotatable bonds is 4. The average Bonchev–Trinajstić information content (AvgIpc) is 3.09. The molecule has 1 aromatic rings. The second kappa shape index (κ2) is 4.63. The topological polar surface area (TPSA) is 44.5 Å². The highest BCUT2D eigenvalue weighted by Crippen LogP contribution is 2.56. The predicted molar refractivity (Wildman–Crippen MR) is 73.9 cm³/mol. The van der Waals surface area contributed by atoms with Crippen molar-refractivity contribution in [1.29, 1.82) is 0 Å². The molecular weight excluding hydrogens is 250 g/mol. The Morgan fingerprint density at radius 3 is 2.33 bits per heavy atom. The Bertz CT molecular complexity index is 467. The summed E-state index contributed by atoms with van der Waals surface area (Å²) in [5.41, 5.74) is 8.31. The van der Waals surface area contributed by atoms with E-state index in [0.717, 1.165) is 34.7 Å². The van der Waals surface area contributed by atoms with Crippen molar-refractivity contribution < 1.29 is 9.47 Å². The van der Waals surface area contributed by atoms with Gasteiger partial charge in [0.1, 0.15) is 0 Å². The number of benzene rings is 1. The first-order valence-corrected chi connectivity index (χ1v) is 6.53. The van der Waals surface area contributed by atoms with E-state index in [2.05, 4.69) is 0 Å². The number of halogens is 1. The summed E-state index contributed by atoms with van der Waals surface area (Å²) in [6.45, 7) is 4.06. The first-order valence-electron chi connectivity index (χ1n) is 6.15. The standard InChI is InChI=1S/C14H20ClNO2/c1-8-12(14(5-6-14)9(2)16)10(15)7-11(17-3)13(8)18-4/h7,9H,5-6,16H2,1-4H3. The van der Waals surface area contributed by atoms with Crippen molar-refractivity contribution in [1.82, 2.24) is 0 Å². The van der Waals surface area contributed by atoms with Crippen molar-refractivity contribution in [3.05, 3.63) is 22.2 Å². The third kappa shape index (κ3) is 1.86. The third-order valence-electron chi connectivity index (χ3n) is 4.02. The molecule has 1 aromatic carbocycles. The van der Waals surface area contributed by atoms with Gasteiger partial charge in [0.15, 0.2) is 11.5 Å². The lowest BCUT2D eigenvalue weighted by Gasteiger charge is -2.25. The van der Waals surface area contributed by atoms with Gasteiger partial charge in [0.2, 0.25) is 0 Å². The largest absolute Gasteiger partial charge is 0.493 e. The molecule has 4 heteroatoms.